The molecule has 21 heavy (non-hydrogen) atoms. The van der Waals surface area contributed by atoms with E-state index in [9.17, 15) is 9.50 Å². The minimum absolute atomic E-state index is 0.285. The van der Waals surface area contributed by atoms with E-state index >= 15 is 0 Å². The Labute approximate surface area is 131 Å². The third-order valence-corrected chi connectivity index (χ3v) is 4.98. The molecule has 0 aliphatic heterocycles. The highest BCUT2D eigenvalue weighted by atomic mass is 32.2. The Morgan fingerprint density at radius 2 is 2.24 bits per heavy atom. The number of aromatic nitrogens is 2. The van der Waals surface area contributed by atoms with Crippen molar-refractivity contribution in [3.05, 3.63) is 35.1 Å². The number of nitrogens with one attached hydrogen (secondary N) is 1. The van der Waals surface area contributed by atoms with Crippen molar-refractivity contribution in [1.82, 2.24) is 10.2 Å². The van der Waals surface area contributed by atoms with Gasteiger partial charge in [0.15, 0.2) is 4.34 Å². The van der Waals surface area contributed by atoms with Crippen LogP contribution in [-0.4, -0.2) is 27.6 Å². The lowest BCUT2D eigenvalue weighted by Crippen LogP contribution is -2.03. The van der Waals surface area contributed by atoms with E-state index in [4.69, 9.17) is 0 Å². The van der Waals surface area contributed by atoms with Gasteiger partial charge in [-0.1, -0.05) is 36.1 Å². The van der Waals surface area contributed by atoms with Gasteiger partial charge in [-0.2, -0.15) is 0 Å². The molecule has 114 valence electrons. The molecular weight excluding hydrogens is 309 g/mol. The number of aliphatic hydroxyl groups is 1. The van der Waals surface area contributed by atoms with Crippen LogP contribution in [0, 0.1) is 12.7 Å². The highest BCUT2D eigenvalue weighted by Crippen LogP contribution is 2.30. The van der Waals surface area contributed by atoms with Gasteiger partial charge in [-0.15, -0.1) is 10.2 Å². The fourth-order valence-electron chi connectivity index (χ4n) is 1.82. The van der Waals surface area contributed by atoms with Crippen LogP contribution >= 0.6 is 23.1 Å². The first-order chi connectivity index (χ1) is 10.1. The molecule has 2 rings (SSSR count). The smallest absolute Gasteiger partial charge is 0.206 e. The molecule has 0 saturated carbocycles. The molecule has 1 unspecified atom stereocenters. The maximum absolute atomic E-state index is 13.1. The molecule has 0 spiro atoms. The zero-order chi connectivity index (χ0) is 15.2. The van der Waals surface area contributed by atoms with Gasteiger partial charge in [0.1, 0.15) is 5.82 Å². The molecule has 0 fully saturated rings. The summed E-state index contributed by atoms with van der Waals surface area (Å²) in [5.74, 6) is 0.182. The molecule has 0 bridgehead atoms. The number of hydrogen-bond acceptors (Lipinski definition) is 6. The molecule has 1 atom stereocenters. The number of aryl methyl sites for hydroxylation is 1. The Hall–Kier alpha value is -1.18. The third kappa shape index (κ3) is 4.66. The molecule has 1 aromatic heterocycles. The summed E-state index contributed by atoms with van der Waals surface area (Å²) in [5, 5.41) is 22.3. The second-order valence-electron chi connectivity index (χ2n) is 4.63. The summed E-state index contributed by atoms with van der Waals surface area (Å²) in [4.78, 5) is 0. The predicted octanol–water partition coefficient (Wildman–Crippen LogP) is 3.63. The van der Waals surface area contributed by atoms with Crippen LogP contribution in [0.4, 0.5) is 9.52 Å². The van der Waals surface area contributed by atoms with Crippen molar-refractivity contribution in [3.63, 3.8) is 0 Å². The molecule has 2 aromatic rings. The molecule has 1 aromatic carbocycles. The molecule has 1 heterocycles. The van der Waals surface area contributed by atoms with E-state index in [2.05, 4.69) is 22.4 Å². The number of rotatable bonds is 7. The molecular formula is C14H18FN3OS2. The second-order valence-corrected chi connectivity index (χ2v) is 6.87. The fourth-order valence-corrected chi connectivity index (χ4v) is 3.58. The largest absolute Gasteiger partial charge is 0.388 e. The molecule has 0 aliphatic carbocycles. The first kappa shape index (κ1) is 16.2. The molecule has 2 N–H and O–H groups in total. The third-order valence-electron chi connectivity index (χ3n) is 2.89. The van der Waals surface area contributed by atoms with Crippen LogP contribution in [0.3, 0.4) is 0 Å². The average Bonchev–Trinajstić information content (AvgIpc) is 2.90. The molecule has 0 saturated heterocycles. The minimum atomic E-state index is -0.647. The second kappa shape index (κ2) is 7.72. The fraction of sp³-hybridized carbons (Fsp3) is 0.429. The number of anilines is 1. The van der Waals surface area contributed by atoms with Crippen molar-refractivity contribution in [2.45, 2.75) is 30.7 Å². The van der Waals surface area contributed by atoms with E-state index < -0.39 is 6.10 Å². The SMILES string of the molecule is CCCNc1nnc(SCC(O)c2ccc(F)cc2C)s1. The Balaban J connectivity index is 1.91. The highest BCUT2D eigenvalue weighted by Gasteiger charge is 2.13. The van der Waals surface area contributed by atoms with Gasteiger partial charge in [-0.25, -0.2) is 4.39 Å². The zero-order valence-corrected chi connectivity index (χ0v) is 13.6. The number of nitrogens with zero attached hydrogens (tertiary/aromatic N) is 2. The van der Waals surface area contributed by atoms with Crippen molar-refractivity contribution >= 4 is 28.2 Å². The van der Waals surface area contributed by atoms with Crippen molar-refractivity contribution in [2.24, 2.45) is 0 Å². The summed E-state index contributed by atoms with van der Waals surface area (Å²) >= 11 is 2.93. The van der Waals surface area contributed by atoms with Gasteiger partial charge in [-0.3, -0.25) is 0 Å². The standard InChI is InChI=1S/C14H18FN3OS2/c1-3-6-16-13-17-18-14(21-13)20-8-12(19)11-5-4-10(15)7-9(11)2/h4-5,7,12,19H,3,6,8H2,1-2H3,(H,16,17). The predicted molar refractivity (Wildman–Crippen MR) is 85.5 cm³/mol. The maximum atomic E-state index is 13.1. The summed E-state index contributed by atoms with van der Waals surface area (Å²) in [6, 6.07) is 4.43. The van der Waals surface area contributed by atoms with Gasteiger partial charge in [-0.05, 0) is 36.6 Å². The Morgan fingerprint density at radius 1 is 1.43 bits per heavy atom. The summed E-state index contributed by atoms with van der Waals surface area (Å²) in [6.07, 6.45) is 0.386. The Morgan fingerprint density at radius 3 is 2.95 bits per heavy atom. The molecule has 0 aliphatic rings. The van der Waals surface area contributed by atoms with Crippen LogP contribution in [0.25, 0.3) is 0 Å². The van der Waals surface area contributed by atoms with E-state index in [0.29, 0.717) is 5.75 Å². The highest BCUT2D eigenvalue weighted by molar-refractivity contribution is 8.01. The van der Waals surface area contributed by atoms with Gasteiger partial charge in [0.25, 0.3) is 0 Å². The van der Waals surface area contributed by atoms with Crippen molar-refractivity contribution in [3.8, 4) is 0 Å². The summed E-state index contributed by atoms with van der Waals surface area (Å²) < 4.78 is 13.9. The van der Waals surface area contributed by atoms with E-state index in [-0.39, 0.29) is 5.82 Å². The lowest BCUT2D eigenvalue weighted by Gasteiger charge is -2.12. The van der Waals surface area contributed by atoms with Crippen LogP contribution in [0.2, 0.25) is 0 Å². The first-order valence-electron chi connectivity index (χ1n) is 6.74. The van der Waals surface area contributed by atoms with E-state index in [1.165, 1.54) is 35.2 Å². The number of thioether (sulfide) groups is 1. The lowest BCUT2D eigenvalue weighted by atomic mass is 10.0. The Bertz CT molecular complexity index is 591. The summed E-state index contributed by atoms with van der Waals surface area (Å²) in [6.45, 7) is 4.76. The minimum Gasteiger partial charge on any atom is -0.388 e. The van der Waals surface area contributed by atoms with Gasteiger partial charge in [0.2, 0.25) is 5.13 Å². The monoisotopic (exact) mass is 327 g/mol. The van der Waals surface area contributed by atoms with Crippen LogP contribution < -0.4 is 5.32 Å². The lowest BCUT2D eigenvalue weighted by molar-refractivity contribution is 0.203. The van der Waals surface area contributed by atoms with Crippen molar-refractivity contribution in [2.75, 3.05) is 17.6 Å². The quantitative estimate of drug-likeness (QED) is 0.761. The molecule has 7 heteroatoms. The van der Waals surface area contributed by atoms with E-state index in [0.717, 1.165) is 33.6 Å². The normalized spacial score (nSPS) is 12.4. The summed E-state index contributed by atoms with van der Waals surface area (Å²) in [5.41, 5.74) is 1.50. The first-order valence-corrected chi connectivity index (χ1v) is 8.54. The van der Waals surface area contributed by atoms with Crippen LogP contribution in [0.1, 0.15) is 30.6 Å². The molecule has 0 radical (unpaired) electrons. The van der Waals surface area contributed by atoms with E-state index in [1.54, 1.807) is 13.0 Å². The Kier molecular flexibility index (Phi) is 5.96. The average molecular weight is 327 g/mol. The van der Waals surface area contributed by atoms with Gasteiger partial charge in [0.05, 0.1) is 6.10 Å². The maximum Gasteiger partial charge on any atom is 0.206 e. The molecule has 0 amide bonds. The van der Waals surface area contributed by atoms with Crippen molar-refractivity contribution < 1.29 is 9.50 Å². The van der Waals surface area contributed by atoms with Crippen LogP contribution in [0.15, 0.2) is 22.5 Å². The van der Waals surface area contributed by atoms with Gasteiger partial charge in [0, 0.05) is 12.3 Å². The number of halogens is 1. The van der Waals surface area contributed by atoms with E-state index in [1.807, 2.05) is 0 Å². The zero-order valence-electron chi connectivity index (χ0n) is 12.0. The van der Waals surface area contributed by atoms with Gasteiger partial charge < -0.3 is 10.4 Å². The van der Waals surface area contributed by atoms with Crippen molar-refractivity contribution in [1.29, 1.82) is 0 Å². The number of aliphatic hydroxyl groups excluding tert-OH is 1. The van der Waals surface area contributed by atoms with Crippen LogP contribution in [0.5, 0.6) is 0 Å². The topological polar surface area (TPSA) is 58.0 Å². The summed E-state index contributed by atoms with van der Waals surface area (Å²) in [7, 11) is 0. The number of benzene rings is 1. The molecule has 4 nitrogen and oxygen atoms in total. The number of hydrogen-bond donors (Lipinski definition) is 2. The van der Waals surface area contributed by atoms with Gasteiger partial charge >= 0.3 is 0 Å². The van der Waals surface area contributed by atoms with Crippen LogP contribution in [-0.2, 0) is 0 Å².